The molecule has 0 radical (unpaired) electrons. The van der Waals surface area contributed by atoms with Crippen molar-refractivity contribution in [3.63, 3.8) is 0 Å². The predicted octanol–water partition coefficient (Wildman–Crippen LogP) is 4.61. The highest BCUT2D eigenvalue weighted by Crippen LogP contribution is 2.32. The molecule has 0 unspecified atom stereocenters. The number of aryl methyl sites for hydroxylation is 2. The summed E-state index contributed by atoms with van der Waals surface area (Å²) < 4.78 is 33.3. The van der Waals surface area contributed by atoms with E-state index in [1.54, 1.807) is 55.5 Å². The second-order valence-corrected chi connectivity index (χ2v) is 9.28. The van der Waals surface area contributed by atoms with E-state index in [2.05, 4.69) is 15.2 Å². The number of amides is 1. The lowest BCUT2D eigenvalue weighted by Crippen LogP contribution is -2.14. The molecule has 1 aliphatic rings. The normalized spacial score (nSPS) is 14.0. The summed E-state index contributed by atoms with van der Waals surface area (Å²) in [4.78, 5) is 12.2. The molecule has 0 aliphatic heterocycles. The number of para-hydroxylation sites is 1. The Morgan fingerprint density at radius 2 is 1.77 bits per heavy atom. The number of rotatable bonds is 7. The van der Waals surface area contributed by atoms with Gasteiger partial charge in [-0.05, 0) is 62.1 Å². The van der Waals surface area contributed by atoms with Gasteiger partial charge in [-0.1, -0.05) is 41.6 Å². The zero-order valence-electron chi connectivity index (χ0n) is 17.3. The zero-order chi connectivity index (χ0) is 22.0. The molecule has 1 heterocycles. The fourth-order valence-corrected chi connectivity index (χ4v) is 4.18. The maximum atomic E-state index is 12.7. The number of carbonyl (C=O) groups excluding carboxylic acids is 1. The quantitative estimate of drug-likeness (QED) is 0.562. The molecule has 0 bridgehead atoms. The van der Waals surface area contributed by atoms with E-state index < -0.39 is 10.0 Å². The van der Waals surface area contributed by atoms with Gasteiger partial charge in [-0.3, -0.25) is 9.52 Å². The van der Waals surface area contributed by atoms with Crippen LogP contribution in [-0.4, -0.2) is 19.5 Å². The smallest absolute Gasteiger partial charge is 0.261 e. The molecule has 1 aromatic heterocycles. The van der Waals surface area contributed by atoms with E-state index in [1.165, 1.54) is 0 Å². The summed E-state index contributed by atoms with van der Waals surface area (Å²) in [6.45, 7) is 3.61. The number of sulfonamides is 1. The number of nitrogens with one attached hydrogen (secondary N) is 2. The maximum absolute atomic E-state index is 12.7. The number of carbonyl (C=O) groups is 1. The van der Waals surface area contributed by atoms with Crippen molar-refractivity contribution >= 4 is 39.5 Å². The Bertz CT molecular complexity index is 1240. The van der Waals surface area contributed by atoms with Crippen LogP contribution in [0, 0.1) is 19.8 Å². The first kappa shape index (κ1) is 20.9. The summed E-state index contributed by atoms with van der Waals surface area (Å²) in [5.74, 6) is 0.509. The summed E-state index contributed by atoms with van der Waals surface area (Å²) in [6.07, 6.45) is 5.31. The third-order valence-electron chi connectivity index (χ3n) is 5.09. The van der Waals surface area contributed by atoms with Crippen molar-refractivity contribution in [2.24, 2.45) is 5.92 Å². The van der Waals surface area contributed by atoms with Crippen molar-refractivity contribution in [3.8, 4) is 0 Å². The first-order valence-electron chi connectivity index (χ1n) is 9.97. The first-order valence-corrected chi connectivity index (χ1v) is 11.5. The predicted molar refractivity (Wildman–Crippen MR) is 120 cm³/mol. The second kappa shape index (κ2) is 8.39. The molecule has 1 saturated carbocycles. The highest BCUT2D eigenvalue weighted by atomic mass is 32.2. The lowest BCUT2D eigenvalue weighted by atomic mass is 10.2. The van der Waals surface area contributed by atoms with Crippen molar-refractivity contribution in [3.05, 3.63) is 71.1 Å². The molecule has 2 N–H and O–H groups in total. The third kappa shape index (κ3) is 4.86. The van der Waals surface area contributed by atoms with Gasteiger partial charge < -0.3 is 9.84 Å². The lowest BCUT2D eigenvalue weighted by Gasteiger charge is -2.10. The van der Waals surface area contributed by atoms with Crippen LogP contribution < -0.4 is 10.0 Å². The molecule has 7 nitrogen and oxygen atoms in total. The standard InChI is InChI=1S/C23H23N3O4S/c1-15-5-3-4-6-20(15)26-31(28,29)19-12-7-17(8-13-19)9-14-21-22(16(2)25-30-21)24-23(27)18-10-11-18/h3-9,12-14,18,26H,10-11H2,1-2H3,(H,24,27)/b14-9-. The Hall–Kier alpha value is -3.39. The molecule has 0 spiro atoms. The second-order valence-electron chi connectivity index (χ2n) is 7.59. The number of hydrogen-bond donors (Lipinski definition) is 2. The van der Waals surface area contributed by atoms with Gasteiger partial charge in [0.2, 0.25) is 5.91 Å². The van der Waals surface area contributed by atoms with Crippen molar-refractivity contribution in [1.82, 2.24) is 5.16 Å². The summed E-state index contributed by atoms with van der Waals surface area (Å²) in [5.41, 5.74) is 3.35. The molecule has 0 saturated heterocycles. The van der Waals surface area contributed by atoms with Gasteiger partial charge in [0.05, 0.1) is 10.6 Å². The summed E-state index contributed by atoms with van der Waals surface area (Å²) in [7, 11) is -3.69. The molecule has 1 aliphatic carbocycles. The molecule has 1 fully saturated rings. The van der Waals surface area contributed by atoms with E-state index in [-0.39, 0.29) is 16.7 Å². The SMILES string of the molecule is Cc1ccccc1NS(=O)(=O)c1ccc(/C=C\c2onc(C)c2NC(=O)C2CC2)cc1. The molecule has 0 atom stereocenters. The number of benzene rings is 2. The highest BCUT2D eigenvalue weighted by molar-refractivity contribution is 7.92. The third-order valence-corrected chi connectivity index (χ3v) is 6.47. The van der Waals surface area contributed by atoms with E-state index in [1.807, 2.05) is 19.1 Å². The van der Waals surface area contributed by atoms with Crippen LogP contribution in [0.15, 0.2) is 57.9 Å². The Balaban J connectivity index is 1.48. The Morgan fingerprint density at radius 1 is 1.06 bits per heavy atom. The van der Waals surface area contributed by atoms with Gasteiger partial charge >= 0.3 is 0 Å². The minimum atomic E-state index is -3.69. The average Bonchev–Trinajstić information content (AvgIpc) is 3.54. The molecule has 2 aromatic carbocycles. The highest BCUT2D eigenvalue weighted by Gasteiger charge is 2.30. The monoisotopic (exact) mass is 437 g/mol. The average molecular weight is 438 g/mol. The fraction of sp³-hybridized carbons (Fsp3) is 0.217. The molecule has 1 amide bonds. The zero-order valence-corrected chi connectivity index (χ0v) is 18.1. The van der Waals surface area contributed by atoms with Crippen LogP contribution in [0.3, 0.4) is 0 Å². The van der Waals surface area contributed by atoms with Gasteiger partial charge in [-0.2, -0.15) is 0 Å². The van der Waals surface area contributed by atoms with E-state index in [4.69, 9.17) is 4.52 Å². The number of hydrogen-bond acceptors (Lipinski definition) is 5. The minimum absolute atomic E-state index is 0.0170. The van der Waals surface area contributed by atoms with E-state index in [0.717, 1.165) is 24.0 Å². The van der Waals surface area contributed by atoms with Gasteiger partial charge in [-0.25, -0.2) is 8.42 Å². The Morgan fingerprint density at radius 3 is 2.45 bits per heavy atom. The maximum Gasteiger partial charge on any atom is 0.261 e. The van der Waals surface area contributed by atoms with Gasteiger partial charge in [0.15, 0.2) is 5.76 Å². The van der Waals surface area contributed by atoms with Crippen LogP contribution in [0.4, 0.5) is 11.4 Å². The van der Waals surface area contributed by atoms with Crippen LogP contribution in [0.5, 0.6) is 0 Å². The molecular weight excluding hydrogens is 414 g/mol. The van der Waals surface area contributed by atoms with Gasteiger partial charge in [-0.15, -0.1) is 0 Å². The van der Waals surface area contributed by atoms with Crippen LogP contribution in [0.25, 0.3) is 12.2 Å². The van der Waals surface area contributed by atoms with Crippen LogP contribution >= 0.6 is 0 Å². The van der Waals surface area contributed by atoms with Gasteiger partial charge in [0, 0.05) is 5.92 Å². The van der Waals surface area contributed by atoms with E-state index in [9.17, 15) is 13.2 Å². The van der Waals surface area contributed by atoms with Gasteiger partial charge in [0.1, 0.15) is 11.4 Å². The minimum Gasteiger partial charge on any atom is -0.354 e. The van der Waals surface area contributed by atoms with Crippen LogP contribution in [-0.2, 0) is 14.8 Å². The lowest BCUT2D eigenvalue weighted by molar-refractivity contribution is -0.117. The van der Waals surface area contributed by atoms with E-state index in [0.29, 0.717) is 22.8 Å². The summed E-state index contributed by atoms with van der Waals surface area (Å²) in [6, 6.07) is 13.7. The summed E-state index contributed by atoms with van der Waals surface area (Å²) in [5, 5.41) is 6.81. The number of anilines is 2. The number of nitrogens with zero attached hydrogens (tertiary/aromatic N) is 1. The molecular formula is C23H23N3O4S. The topological polar surface area (TPSA) is 101 Å². The van der Waals surface area contributed by atoms with Crippen molar-refractivity contribution < 1.29 is 17.7 Å². The van der Waals surface area contributed by atoms with Crippen LogP contribution in [0.2, 0.25) is 0 Å². The molecule has 8 heteroatoms. The Labute approximate surface area is 181 Å². The first-order chi connectivity index (χ1) is 14.8. The fourth-order valence-electron chi connectivity index (χ4n) is 3.04. The molecule has 3 aromatic rings. The van der Waals surface area contributed by atoms with Crippen molar-refractivity contribution in [2.75, 3.05) is 10.0 Å². The Kier molecular flexibility index (Phi) is 5.65. The van der Waals surface area contributed by atoms with Crippen molar-refractivity contribution in [2.45, 2.75) is 31.6 Å². The molecule has 160 valence electrons. The molecule has 31 heavy (non-hydrogen) atoms. The number of aromatic nitrogens is 1. The summed E-state index contributed by atoms with van der Waals surface area (Å²) >= 11 is 0. The van der Waals surface area contributed by atoms with Gasteiger partial charge in [0.25, 0.3) is 10.0 Å². The van der Waals surface area contributed by atoms with E-state index >= 15 is 0 Å². The largest absolute Gasteiger partial charge is 0.354 e. The van der Waals surface area contributed by atoms with Crippen LogP contribution in [0.1, 0.15) is 35.4 Å². The van der Waals surface area contributed by atoms with Crippen molar-refractivity contribution in [1.29, 1.82) is 0 Å². The molecule has 4 rings (SSSR count).